The van der Waals surface area contributed by atoms with E-state index in [-0.39, 0.29) is 4.75 Å². The molecule has 3 nitrogen and oxygen atoms in total. The van der Waals surface area contributed by atoms with Gasteiger partial charge in [0.15, 0.2) is 0 Å². The Morgan fingerprint density at radius 3 is 2.81 bits per heavy atom. The molecule has 1 unspecified atom stereocenters. The summed E-state index contributed by atoms with van der Waals surface area (Å²) in [6.07, 6.45) is 3.22. The number of pyridine rings is 1. The molecule has 1 atom stereocenters. The molecule has 4 heterocycles. The third kappa shape index (κ3) is 2.35. The Kier molecular flexibility index (Phi) is 3.54. The molecule has 5 rings (SSSR count). The summed E-state index contributed by atoms with van der Waals surface area (Å²) in [5, 5.41) is 1.47. The third-order valence-corrected chi connectivity index (χ3v) is 7.31. The smallest absolute Gasteiger partial charge is 0.0625 e. The average Bonchev–Trinajstić information content (AvgIpc) is 2.89. The van der Waals surface area contributed by atoms with Crippen LogP contribution in [0.4, 0.5) is 0 Å². The van der Waals surface area contributed by atoms with Crippen LogP contribution in [0, 0.1) is 13.8 Å². The van der Waals surface area contributed by atoms with Gasteiger partial charge in [-0.2, -0.15) is 0 Å². The first kappa shape index (κ1) is 16.4. The van der Waals surface area contributed by atoms with Gasteiger partial charge < -0.3 is 9.47 Å². The molecule has 0 radical (unpaired) electrons. The normalized spacial score (nSPS) is 22.6. The van der Waals surface area contributed by atoms with Crippen molar-refractivity contribution < 1.29 is 0 Å². The molecule has 0 spiro atoms. The maximum atomic E-state index is 4.58. The Bertz CT molecular complexity index is 1020. The fraction of sp³-hybridized carbons (Fsp3) is 0.409. The van der Waals surface area contributed by atoms with Crippen LogP contribution in [0.15, 0.2) is 35.4 Å². The first-order valence-corrected chi connectivity index (χ1v) is 10.2. The highest BCUT2D eigenvalue weighted by molar-refractivity contribution is 8.00. The second kappa shape index (κ2) is 5.61. The minimum Gasteiger partial charge on any atom is -0.342 e. The lowest BCUT2D eigenvalue weighted by Crippen LogP contribution is -2.31. The quantitative estimate of drug-likeness (QED) is 0.627. The topological polar surface area (TPSA) is 21.1 Å². The van der Waals surface area contributed by atoms with E-state index in [9.17, 15) is 0 Å². The van der Waals surface area contributed by atoms with Gasteiger partial charge >= 0.3 is 0 Å². The zero-order valence-corrected chi connectivity index (χ0v) is 16.8. The monoisotopic (exact) mass is 363 g/mol. The lowest BCUT2D eigenvalue weighted by Gasteiger charge is -2.36. The fourth-order valence-corrected chi connectivity index (χ4v) is 6.05. The van der Waals surface area contributed by atoms with Gasteiger partial charge in [-0.1, -0.05) is 6.07 Å². The van der Waals surface area contributed by atoms with Gasteiger partial charge in [-0.05, 0) is 62.7 Å². The van der Waals surface area contributed by atoms with Gasteiger partial charge in [-0.25, -0.2) is 0 Å². The first-order chi connectivity index (χ1) is 12.4. The van der Waals surface area contributed by atoms with Crippen molar-refractivity contribution in [1.82, 2.24) is 14.5 Å². The standard InChI is InChI=1S/C22H25N3S/c1-14-9-17-18-12-24(4)8-7-19(18)25-13-22(3,26-20(10-14)21(17)25)16-6-5-15(2)23-11-16/h5-6,9-11H,7-8,12-13H2,1-4H3. The highest BCUT2D eigenvalue weighted by Crippen LogP contribution is 2.51. The van der Waals surface area contributed by atoms with Gasteiger partial charge in [0.25, 0.3) is 0 Å². The number of benzene rings is 1. The Balaban J connectivity index is 1.73. The molecule has 2 aromatic heterocycles. The summed E-state index contributed by atoms with van der Waals surface area (Å²) in [5.41, 5.74) is 8.32. The summed E-state index contributed by atoms with van der Waals surface area (Å²) in [7, 11) is 2.24. The van der Waals surface area contributed by atoms with E-state index in [2.05, 4.69) is 72.7 Å². The van der Waals surface area contributed by atoms with Crippen LogP contribution in [0.2, 0.25) is 0 Å². The molecule has 26 heavy (non-hydrogen) atoms. The molecule has 2 aliphatic rings. The number of hydrogen-bond acceptors (Lipinski definition) is 3. The van der Waals surface area contributed by atoms with E-state index in [1.807, 2.05) is 11.8 Å². The molecule has 0 saturated carbocycles. The average molecular weight is 364 g/mol. The lowest BCUT2D eigenvalue weighted by atomic mass is 10.0. The maximum absolute atomic E-state index is 4.58. The second-order valence-corrected chi connectivity index (χ2v) is 9.72. The highest BCUT2D eigenvalue weighted by atomic mass is 32.2. The predicted octanol–water partition coefficient (Wildman–Crippen LogP) is 4.66. The summed E-state index contributed by atoms with van der Waals surface area (Å²) in [4.78, 5) is 8.45. The number of fused-ring (bicyclic) bond motifs is 3. The number of likely N-dealkylation sites (N-methyl/N-ethyl adjacent to an activating group) is 1. The number of aromatic nitrogens is 2. The first-order valence-electron chi connectivity index (χ1n) is 9.40. The van der Waals surface area contributed by atoms with Crippen LogP contribution in [0.5, 0.6) is 0 Å². The van der Waals surface area contributed by atoms with Crippen molar-refractivity contribution in [3.63, 3.8) is 0 Å². The molecule has 3 aromatic rings. The van der Waals surface area contributed by atoms with Crippen LogP contribution in [0.1, 0.15) is 35.0 Å². The Morgan fingerprint density at radius 2 is 2.04 bits per heavy atom. The van der Waals surface area contributed by atoms with E-state index < -0.39 is 0 Å². The molecule has 0 aliphatic carbocycles. The lowest BCUT2D eigenvalue weighted by molar-refractivity contribution is 0.308. The van der Waals surface area contributed by atoms with Crippen molar-refractivity contribution in [2.45, 2.75) is 49.9 Å². The van der Waals surface area contributed by atoms with Crippen LogP contribution >= 0.6 is 11.8 Å². The van der Waals surface area contributed by atoms with Gasteiger partial charge in [-0.3, -0.25) is 4.98 Å². The van der Waals surface area contributed by atoms with Crippen LogP contribution in [-0.2, 0) is 24.3 Å². The van der Waals surface area contributed by atoms with Gasteiger partial charge in [0.2, 0.25) is 0 Å². The summed E-state index contributed by atoms with van der Waals surface area (Å²) in [6, 6.07) is 9.17. The van der Waals surface area contributed by atoms with Crippen molar-refractivity contribution in [3.05, 3.63) is 58.5 Å². The van der Waals surface area contributed by atoms with Crippen molar-refractivity contribution in [2.75, 3.05) is 13.6 Å². The van der Waals surface area contributed by atoms with Gasteiger partial charge in [0.1, 0.15) is 0 Å². The summed E-state index contributed by atoms with van der Waals surface area (Å²) in [6.45, 7) is 9.90. The Labute approximate surface area is 159 Å². The van der Waals surface area contributed by atoms with Gasteiger partial charge in [0, 0.05) is 53.9 Å². The molecule has 134 valence electrons. The van der Waals surface area contributed by atoms with Crippen LogP contribution < -0.4 is 0 Å². The maximum Gasteiger partial charge on any atom is 0.0625 e. The number of thioether (sulfide) groups is 1. The van der Waals surface area contributed by atoms with Crippen LogP contribution in [0.3, 0.4) is 0 Å². The van der Waals surface area contributed by atoms with Gasteiger partial charge in [-0.15, -0.1) is 11.8 Å². The van der Waals surface area contributed by atoms with E-state index in [0.29, 0.717) is 0 Å². The van der Waals surface area contributed by atoms with Crippen molar-refractivity contribution in [3.8, 4) is 0 Å². The number of hydrogen-bond donors (Lipinski definition) is 0. The summed E-state index contributed by atoms with van der Waals surface area (Å²) < 4.78 is 2.65. The molecule has 0 N–H and O–H groups in total. The minimum atomic E-state index is 0.0184. The number of nitrogens with zero attached hydrogens (tertiary/aromatic N) is 3. The minimum absolute atomic E-state index is 0.0184. The van der Waals surface area contributed by atoms with E-state index in [1.165, 1.54) is 26.9 Å². The number of rotatable bonds is 1. The SMILES string of the molecule is Cc1cc2c3c(c1)c1c(n3CC(C)(c3ccc(C)nc3)S2)CCN(C)C1. The van der Waals surface area contributed by atoms with E-state index in [1.54, 1.807) is 11.3 Å². The third-order valence-electron chi connectivity index (χ3n) is 5.96. The van der Waals surface area contributed by atoms with Crippen molar-refractivity contribution in [1.29, 1.82) is 0 Å². The highest BCUT2D eigenvalue weighted by Gasteiger charge is 2.37. The molecule has 0 amide bonds. The largest absolute Gasteiger partial charge is 0.342 e. The molecular weight excluding hydrogens is 338 g/mol. The molecular formula is C22H25N3S. The fourth-order valence-electron chi connectivity index (χ4n) is 4.58. The summed E-state index contributed by atoms with van der Waals surface area (Å²) in [5.74, 6) is 0. The predicted molar refractivity (Wildman–Crippen MR) is 109 cm³/mol. The zero-order valence-electron chi connectivity index (χ0n) is 16.0. The number of aryl methyl sites for hydroxylation is 2. The van der Waals surface area contributed by atoms with Gasteiger partial charge in [0.05, 0.1) is 10.3 Å². The molecule has 0 bridgehead atoms. The molecule has 0 fully saturated rings. The molecule has 4 heteroatoms. The van der Waals surface area contributed by atoms with E-state index in [0.717, 1.165) is 31.7 Å². The van der Waals surface area contributed by atoms with Crippen LogP contribution in [-0.4, -0.2) is 28.0 Å². The zero-order chi connectivity index (χ0) is 18.1. The van der Waals surface area contributed by atoms with E-state index in [4.69, 9.17) is 0 Å². The van der Waals surface area contributed by atoms with E-state index >= 15 is 0 Å². The van der Waals surface area contributed by atoms with Crippen molar-refractivity contribution in [2.24, 2.45) is 0 Å². The van der Waals surface area contributed by atoms with Crippen LogP contribution in [0.25, 0.3) is 10.9 Å². The Hall–Kier alpha value is -1.78. The molecule has 0 saturated heterocycles. The Morgan fingerprint density at radius 1 is 1.19 bits per heavy atom. The summed E-state index contributed by atoms with van der Waals surface area (Å²) >= 11 is 2.01. The second-order valence-electron chi connectivity index (χ2n) is 8.18. The van der Waals surface area contributed by atoms with Crippen molar-refractivity contribution >= 4 is 22.7 Å². The molecule has 1 aromatic carbocycles. The molecule has 2 aliphatic heterocycles.